The summed E-state index contributed by atoms with van der Waals surface area (Å²) in [5.41, 5.74) is 5.37. The summed E-state index contributed by atoms with van der Waals surface area (Å²) >= 11 is 8.33. The van der Waals surface area contributed by atoms with Crippen LogP contribution < -0.4 is 11.1 Å². The third-order valence-electron chi connectivity index (χ3n) is 3.64. The van der Waals surface area contributed by atoms with Crippen molar-refractivity contribution in [2.75, 3.05) is 0 Å². The summed E-state index contributed by atoms with van der Waals surface area (Å²) in [4.78, 5) is 13.5. The molecule has 0 spiro atoms. The van der Waals surface area contributed by atoms with Gasteiger partial charge in [0, 0.05) is 9.40 Å². The van der Waals surface area contributed by atoms with E-state index in [1.807, 2.05) is 17.5 Å². The van der Waals surface area contributed by atoms with Crippen LogP contribution in [0.3, 0.4) is 0 Å². The van der Waals surface area contributed by atoms with Crippen LogP contribution in [0.15, 0.2) is 17.5 Å². The number of fused-ring (bicyclic) bond motifs is 1. The summed E-state index contributed by atoms with van der Waals surface area (Å²) in [7, 11) is 0. The molecule has 1 amide bonds. The Kier molecular flexibility index (Phi) is 3.32. The first-order valence-electron chi connectivity index (χ1n) is 6.20. The SMILES string of the molecule is NC(=S)C1(NC(=O)c2cc3sccc3s2)CCCC1. The molecule has 0 atom stereocenters. The Balaban J connectivity index is 1.84. The molecule has 0 aliphatic heterocycles. The molecule has 0 radical (unpaired) electrons. The van der Waals surface area contributed by atoms with Crippen molar-refractivity contribution in [2.24, 2.45) is 5.73 Å². The molecule has 0 bridgehead atoms. The molecule has 2 aromatic rings. The van der Waals surface area contributed by atoms with Gasteiger partial charge in [0.2, 0.25) is 0 Å². The van der Waals surface area contributed by atoms with Gasteiger partial charge in [0.25, 0.3) is 5.91 Å². The lowest BCUT2D eigenvalue weighted by molar-refractivity contribution is 0.0928. The molecule has 3 nitrogen and oxygen atoms in total. The van der Waals surface area contributed by atoms with E-state index < -0.39 is 5.54 Å². The topological polar surface area (TPSA) is 55.1 Å². The third kappa shape index (κ3) is 2.28. The van der Waals surface area contributed by atoms with Crippen molar-refractivity contribution < 1.29 is 4.79 Å². The average molecular weight is 310 g/mol. The minimum absolute atomic E-state index is 0.0527. The maximum atomic E-state index is 12.4. The summed E-state index contributed by atoms with van der Waals surface area (Å²) in [6.45, 7) is 0. The third-order valence-corrected chi connectivity index (χ3v) is 6.13. The predicted octanol–water partition coefficient (Wildman–Crippen LogP) is 3.29. The van der Waals surface area contributed by atoms with Crippen LogP contribution in [-0.2, 0) is 0 Å². The monoisotopic (exact) mass is 310 g/mol. The number of thiocarbonyl (C=S) groups is 1. The molecule has 1 fully saturated rings. The van der Waals surface area contributed by atoms with Crippen molar-refractivity contribution in [1.29, 1.82) is 0 Å². The Morgan fingerprint density at radius 3 is 2.74 bits per heavy atom. The van der Waals surface area contributed by atoms with E-state index in [9.17, 15) is 4.79 Å². The summed E-state index contributed by atoms with van der Waals surface area (Å²) in [6, 6.07) is 3.99. The zero-order chi connectivity index (χ0) is 13.5. The van der Waals surface area contributed by atoms with Crippen molar-refractivity contribution in [3.8, 4) is 0 Å². The molecule has 3 N–H and O–H groups in total. The molecule has 100 valence electrons. The summed E-state index contributed by atoms with van der Waals surface area (Å²) in [5.74, 6) is -0.0527. The van der Waals surface area contributed by atoms with Crippen molar-refractivity contribution in [3.05, 3.63) is 22.4 Å². The number of hydrogen-bond acceptors (Lipinski definition) is 4. The highest BCUT2D eigenvalue weighted by molar-refractivity contribution is 7.80. The van der Waals surface area contributed by atoms with Crippen LogP contribution in [0.2, 0.25) is 0 Å². The highest BCUT2D eigenvalue weighted by Gasteiger charge is 2.38. The zero-order valence-corrected chi connectivity index (χ0v) is 12.7. The molecular formula is C13H14N2OS3. The minimum Gasteiger partial charge on any atom is -0.391 e. The van der Waals surface area contributed by atoms with E-state index >= 15 is 0 Å². The molecule has 1 aliphatic carbocycles. The second-order valence-corrected chi connectivity index (χ2v) is 7.34. The number of carbonyl (C=O) groups excluding carboxylic acids is 1. The van der Waals surface area contributed by atoms with Gasteiger partial charge >= 0.3 is 0 Å². The standard InChI is InChI=1S/C13H14N2OS3/c14-12(17)13(4-1-2-5-13)15-11(16)10-7-9-8(19-10)3-6-18-9/h3,6-7H,1-2,4-5H2,(H2,14,17)(H,15,16). The van der Waals surface area contributed by atoms with E-state index in [1.54, 1.807) is 11.3 Å². The minimum atomic E-state index is -0.468. The summed E-state index contributed by atoms with van der Waals surface area (Å²) < 4.78 is 2.32. The van der Waals surface area contributed by atoms with Crippen LogP contribution in [0.1, 0.15) is 35.4 Å². The average Bonchev–Trinajstić information content (AvgIpc) is 3.02. The number of rotatable bonds is 3. The Labute approximate surface area is 124 Å². The largest absolute Gasteiger partial charge is 0.391 e. The van der Waals surface area contributed by atoms with Gasteiger partial charge in [0.15, 0.2) is 0 Å². The van der Waals surface area contributed by atoms with E-state index in [0.717, 1.165) is 40.0 Å². The van der Waals surface area contributed by atoms with E-state index in [2.05, 4.69) is 5.32 Å². The van der Waals surface area contributed by atoms with Crippen LogP contribution >= 0.6 is 34.9 Å². The van der Waals surface area contributed by atoms with Gasteiger partial charge in [-0.3, -0.25) is 4.79 Å². The number of thiophene rings is 2. The van der Waals surface area contributed by atoms with E-state index in [1.165, 1.54) is 11.3 Å². The van der Waals surface area contributed by atoms with Gasteiger partial charge in [-0.15, -0.1) is 22.7 Å². The Morgan fingerprint density at radius 1 is 1.37 bits per heavy atom. The number of nitrogens with two attached hydrogens (primary N) is 1. The lowest BCUT2D eigenvalue weighted by Gasteiger charge is -2.28. The van der Waals surface area contributed by atoms with E-state index in [4.69, 9.17) is 18.0 Å². The number of hydrogen-bond donors (Lipinski definition) is 2. The highest BCUT2D eigenvalue weighted by Crippen LogP contribution is 2.33. The normalized spacial score (nSPS) is 17.7. The maximum Gasteiger partial charge on any atom is 0.262 e. The summed E-state index contributed by atoms with van der Waals surface area (Å²) in [5, 5.41) is 5.11. The van der Waals surface area contributed by atoms with Gasteiger partial charge < -0.3 is 11.1 Å². The molecular weight excluding hydrogens is 296 g/mol. The molecule has 3 rings (SSSR count). The van der Waals surface area contributed by atoms with Crippen molar-refractivity contribution in [1.82, 2.24) is 5.32 Å². The number of amides is 1. The smallest absolute Gasteiger partial charge is 0.262 e. The van der Waals surface area contributed by atoms with Crippen molar-refractivity contribution >= 4 is 55.2 Å². The lowest BCUT2D eigenvalue weighted by Crippen LogP contribution is -2.54. The molecule has 1 saturated carbocycles. The Hall–Kier alpha value is -0.980. The predicted molar refractivity (Wildman–Crippen MR) is 85.2 cm³/mol. The van der Waals surface area contributed by atoms with Crippen LogP contribution in [0.5, 0.6) is 0 Å². The molecule has 0 unspecified atom stereocenters. The summed E-state index contributed by atoms with van der Waals surface area (Å²) in [6.07, 6.45) is 3.84. The Bertz CT molecular complexity index is 609. The number of nitrogens with one attached hydrogen (secondary N) is 1. The van der Waals surface area contributed by atoms with Crippen molar-refractivity contribution in [3.63, 3.8) is 0 Å². The first-order valence-corrected chi connectivity index (χ1v) is 8.31. The molecule has 19 heavy (non-hydrogen) atoms. The van der Waals surface area contributed by atoms with Crippen LogP contribution in [0.25, 0.3) is 9.40 Å². The van der Waals surface area contributed by atoms with Crippen LogP contribution in [-0.4, -0.2) is 16.4 Å². The first kappa shape index (κ1) is 13.0. The van der Waals surface area contributed by atoms with Crippen molar-refractivity contribution in [2.45, 2.75) is 31.2 Å². The Morgan fingerprint density at radius 2 is 2.11 bits per heavy atom. The van der Waals surface area contributed by atoms with E-state index in [0.29, 0.717) is 4.99 Å². The van der Waals surface area contributed by atoms with Gasteiger partial charge in [0.05, 0.1) is 15.4 Å². The lowest BCUT2D eigenvalue weighted by atomic mass is 9.97. The van der Waals surface area contributed by atoms with Gasteiger partial charge in [-0.05, 0) is 30.4 Å². The van der Waals surface area contributed by atoms with E-state index in [-0.39, 0.29) is 5.91 Å². The second-order valence-electron chi connectivity index (χ2n) is 4.87. The highest BCUT2D eigenvalue weighted by atomic mass is 32.1. The van der Waals surface area contributed by atoms with Gasteiger partial charge in [-0.2, -0.15) is 0 Å². The zero-order valence-electron chi connectivity index (χ0n) is 10.3. The molecule has 1 aliphatic rings. The number of carbonyl (C=O) groups is 1. The molecule has 6 heteroatoms. The van der Waals surface area contributed by atoms with Crippen LogP contribution in [0.4, 0.5) is 0 Å². The quantitative estimate of drug-likeness (QED) is 0.855. The molecule has 0 aromatic carbocycles. The van der Waals surface area contributed by atoms with Crippen LogP contribution in [0, 0.1) is 0 Å². The molecule has 2 aromatic heterocycles. The molecule has 2 heterocycles. The maximum absolute atomic E-state index is 12.4. The molecule has 0 saturated heterocycles. The van der Waals surface area contributed by atoms with Gasteiger partial charge in [0.1, 0.15) is 0 Å². The fourth-order valence-electron chi connectivity index (χ4n) is 2.57. The first-order chi connectivity index (χ1) is 9.11. The fraction of sp³-hybridized carbons (Fsp3) is 0.385. The second kappa shape index (κ2) is 4.85. The fourth-order valence-corrected chi connectivity index (χ4v) is 4.83. The van der Waals surface area contributed by atoms with Gasteiger partial charge in [-0.25, -0.2) is 0 Å². The van der Waals surface area contributed by atoms with Gasteiger partial charge in [-0.1, -0.05) is 25.1 Å².